The lowest BCUT2D eigenvalue weighted by Gasteiger charge is -2.25. The normalized spacial score (nSPS) is 10.9. The summed E-state index contributed by atoms with van der Waals surface area (Å²) in [7, 11) is 0. The summed E-state index contributed by atoms with van der Waals surface area (Å²) < 4.78 is 0. The molecule has 0 unspecified atom stereocenters. The number of anilines is 1. The Morgan fingerprint density at radius 3 is 2.71 bits per heavy atom. The molecular weight excluding hydrogens is 260 g/mol. The van der Waals surface area contributed by atoms with E-state index in [2.05, 4.69) is 52.0 Å². The van der Waals surface area contributed by atoms with Crippen molar-refractivity contribution in [3.63, 3.8) is 0 Å². The molecule has 0 amide bonds. The first-order valence-corrected chi connectivity index (χ1v) is 6.96. The van der Waals surface area contributed by atoms with E-state index in [-0.39, 0.29) is 0 Å². The van der Waals surface area contributed by atoms with E-state index >= 15 is 0 Å². The molecule has 0 radical (unpaired) electrons. The van der Waals surface area contributed by atoms with Crippen LogP contribution in [-0.2, 0) is 6.42 Å². The largest absolute Gasteiger partial charge is 0.345 e. The molecule has 1 rings (SSSR count). The molecule has 1 heterocycles. The Bertz CT molecular complexity index is 273. The quantitative estimate of drug-likeness (QED) is 0.768. The van der Waals surface area contributed by atoms with Crippen molar-refractivity contribution in [1.29, 1.82) is 0 Å². The van der Waals surface area contributed by atoms with Crippen LogP contribution in [-0.4, -0.2) is 22.9 Å². The molecule has 2 nitrogen and oxygen atoms in total. The maximum Gasteiger partial charge on any atom is 0.185 e. The van der Waals surface area contributed by atoms with Gasteiger partial charge in [-0.25, -0.2) is 4.98 Å². The topological polar surface area (TPSA) is 16.1 Å². The number of halogens is 1. The molecule has 0 aliphatic carbocycles. The standard InChI is InChI=1S/C10H17BrN2S/c1-4-9-7-14-10(12-9)13(6-5-11)8(2)3/h7-8H,4-6H2,1-3H3. The molecular formula is C10H17BrN2S. The van der Waals surface area contributed by atoms with Crippen molar-refractivity contribution < 1.29 is 0 Å². The molecule has 4 heteroatoms. The lowest BCUT2D eigenvalue weighted by Crippen LogP contribution is -2.32. The number of aryl methyl sites for hydroxylation is 1. The Labute approximate surface area is 98.5 Å². The van der Waals surface area contributed by atoms with Crippen LogP contribution in [0.2, 0.25) is 0 Å². The molecule has 0 bridgehead atoms. The van der Waals surface area contributed by atoms with Crippen LogP contribution in [0.4, 0.5) is 5.13 Å². The van der Waals surface area contributed by atoms with Gasteiger partial charge < -0.3 is 4.90 Å². The second-order valence-electron chi connectivity index (χ2n) is 3.45. The maximum absolute atomic E-state index is 4.59. The van der Waals surface area contributed by atoms with Crippen LogP contribution >= 0.6 is 27.3 Å². The summed E-state index contributed by atoms with van der Waals surface area (Å²) in [5.74, 6) is 0. The second kappa shape index (κ2) is 5.71. The molecule has 0 aromatic carbocycles. The van der Waals surface area contributed by atoms with Crippen LogP contribution in [0.25, 0.3) is 0 Å². The van der Waals surface area contributed by atoms with Gasteiger partial charge in [0, 0.05) is 23.3 Å². The van der Waals surface area contributed by atoms with Crippen molar-refractivity contribution >= 4 is 32.4 Å². The van der Waals surface area contributed by atoms with Crippen molar-refractivity contribution in [2.75, 3.05) is 16.8 Å². The van der Waals surface area contributed by atoms with Crippen LogP contribution in [0.5, 0.6) is 0 Å². The van der Waals surface area contributed by atoms with Crippen LogP contribution in [0.1, 0.15) is 26.5 Å². The first kappa shape index (κ1) is 12.0. The lowest BCUT2D eigenvalue weighted by molar-refractivity contribution is 0.704. The molecule has 0 saturated carbocycles. The molecule has 0 fully saturated rings. The van der Waals surface area contributed by atoms with Gasteiger partial charge in [0.05, 0.1) is 5.69 Å². The van der Waals surface area contributed by atoms with Crippen molar-refractivity contribution in [2.24, 2.45) is 0 Å². The predicted molar refractivity (Wildman–Crippen MR) is 67.8 cm³/mol. The van der Waals surface area contributed by atoms with E-state index in [4.69, 9.17) is 0 Å². The summed E-state index contributed by atoms with van der Waals surface area (Å²) in [6.45, 7) is 7.57. The summed E-state index contributed by atoms with van der Waals surface area (Å²) in [6, 6.07) is 0.517. The molecule has 1 aromatic rings. The number of alkyl halides is 1. The smallest absolute Gasteiger partial charge is 0.185 e. The minimum absolute atomic E-state index is 0.517. The molecule has 14 heavy (non-hydrogen) atoms. The Hall–Kier alpha value is -0.0900. The third kappa shape index (κ3) is 2.95. The van der Waals surface area contributed by atoms with E-state index < -0.39 is 0 Å². The molecule has 80 valence electrons. The third-order valence-electron chi connectivity index (χ3n) is 2.10. The Balaban J connectivity index is 2.76. The van der Waals surface area contributed by atoms with Crippen LogP contribution in [0.15, 0.2) is 5.38 Å². The van der Waals surface area contributed by atoms with E-state index in [0.29, 0.717) is 6.04 Å². The van der Waals surface area contributed by atoms with Crippen molar-refractivity contribution in [2.45, 2.75) is 33.2 Å². The van der Waals surface area contributed by atoms with Gasteiger partial charge >= 0.3 is 0 Å². The summed E-state index contributed by atoms with van der Waals surface area (Å²) in [6.07, 6.45) is 1.02. The fourth-order valence-electron chi connectivity index (χ4n) is 1.26. The van der Waals surface area contributed by atoms with Gasteiger partial charge in [0.25, 0.3) is 0 Å². The van der Waals surface area contributed by atoms with E-state index in [1.807, 2.05) is 0 Å². The maximum atomic E-state index is 4.59. The van der Waals surface area contributed by atoms with Gasteiger partial charge in [0.2, 0.25) is 0 Å². The Morgan fingerprint density at radius 2 is 2.29 bits per heavy atom. The average Bonchev–Trinajstić information content (AvgIpc) is 2.61. The Kier molecular flexibility index (Phi) is 4.89. The van der Waals surface area contributed by atoms with Crippen LogP contribution in [0, 0.1) is 0 Å². The molecule has 0 aliphatic rings. The van der Waals surface area contributed by atoms with Crippen molar-refractivity contribution in [3.8, 4) is 0 Å². The molecule has 0 saturated heterocycles. The summed E-state index contributed by atoms with van der Waals surface area (Å²) in [5.41, 5.74) is 1.20. The fourth-order valence-corrected chi connectivity index (χ4v) is 2.71. The van der Waals surface area contributed by atoms with Crippen molar-refractivity contribution in [3.05, 3.63) is 11.1 Å². The highest BCUT2D eigenvalue weighted by Gasteiger charge is 2.12. The van der Waals surface area contributed by atoms with E-state index in [9.17, 15) is 0 Å². The number of thiazole rings is 1. The zero-order chi connectivity index (χ0) is 10.6. The first-order valence-electron chi connectivity index (χ1n) is 4.96. The zero-order valence-electron chi connectivity index (χ0n) is 8.96. The monoisotopic (exact) mass is 276 g/mol. The SMILES string of the molecule is CCc1csc(N(CCBr)C(C)C)n1. The van der Waals surface area contributed by atoms with Gasteiger partial charge in [0.15, 0.2) is 5.13 Å². The van der Waals surface area contributed by atoms with E-state index in [1.54, 1.807) is 11.3 Å². The summed E-state index contributed by atoms with van der Waals surface area (Å²) in [5, 5.41) is 4.29. The van der Waals surface area contributed by atoms with Gasteiger partial charge in [-0.15, -0.1) is 11.3 Å². The van der Waals surface area contributed by atoms with E-state index in [1.165, 1.54) is 5.69 Å². The highest BCUT2D eigenvalue weighted by atomic mass is 79.9. The third-order valence-corrected chi connectivity index (χ3v) is 3.38. The molecule has 0 aliphatic heterocycles. The van der Waals surface area contributed by atoms with E-state index in [0.717, 1.165) is 23.4 Å². The minimum atomic E-state index is 0.517. The summed E-state index contributed by atoms with van der Waals surface area (Å²) in [4.78, 5) is 6.92. The number of hydrogen-bond donors (Lipinski definition) is 0. The molecule has 0 atom stereocenters. The number of nitrogens with zero attached hydrogens (tertiary/aromatic N) is 2. The minimum Gasteiger partial charge on any atom is -0.345 e. The van der Waals surface area contributed by atoms with Gasteiger partial charge in [-0.05, 0) is 20.3 Å². The number of hydrogen-bond acceptors (Lipinski definition) is 3. The van der Waals surface area contributed by atoms with Gasteiger partial charge in [-0.3, -0.25) is 0 Å². The van der Waals surface area contributed by atoms with Gasteiger partial charge in [0.1, 0.15) is 0 Å². The van der Waals surface area contributed by atoms with Crippen molar-refractivity contribution in [1.82, 2.24) is 4.98 Å². The zero-order valence-corrected chi connectivity index (χ0v) is 11.4. The highest BCUT2D eigenvalue weighted by Crippen LogP contribution is 2.22. The molecule has 1 aromatic heterocycles. The highest BCUT2D eigenvalue weighted by molar-refractivity contribution is 9.09. The Morgan fingerprint density at radius 1 is 1.57 bits per heavy atom. The predicted octanol–water partition coefficient (Wildman–Crippen LogP) is 3.32. The summed E-state index contributed by atoms with van der Waals surface area (Å²) >= 11 is 5.22. The van der Waals surface area contributed by atoms with Gasteiger partial charge in [-0.1, -0.05) is 22.9 Å². The van der Waals surface area contributed by atoms with Crippen LogP contribution < -0.4 is 4.90 Å². The first-order chi connectivity index (χ1) is 6.69. The second-order valence-corrected chi connectivity index (χ2v) is 5.08. The fraction of sp³-hybridized carbons (Fsp3) is 0.700. The number of aromatic nitrogens is 1. The number of rotatable bonds is 5. The average molecular weight is 277 g/mol. The van der Waals surface area contributed by atoms with Gasteiger partial charge in [-0.2, -0.15) is 0 Å². The lowest BCUT2D eigenvalue weighted by atomic mass is 10.3. The molecule has 0 N–H and O–H groups in total. The molecule has 0 spiro atoms. The van der Waals surface area contributed by atoms with Crippen LogP contribution in [0.3, 0.4) is 0 Å².